The van der Waals surface area contributed by atoms with E-state index in [0.717, 1.165) is 11.3 Å². The van der Waals surface area contributed by atoms with Crippen LogP contribution in [0.4, 0.5) is 5.69 Å². The van der Waals surface area contributed by atoms with Crippen molar-refractivity contribution < 1.29 is 8.42 Å². The van der Waals surface area contributed by atoms with Crippen LogP contribution < -0.4 is 10.5 Å². The zero-order valence-electron chi connectivity index (χ0n) is 11.8. The van der Waals surface area contributed by atoms with Gasteiger partial charge in [-0.15, -0.1) is 11.8 Å². The molecular weight excluding hydrogens is 312 g/mol. The van der Waals surface area contributed by atoms with E-state index in [1.165, 1.54) is 11.8 Å². The summed E-state index contributed by atoms with van der Waals surface area (Å²) in [7, 11) is -3.17. The van der Waals surface area contributed by atoms with Gasteiger partial charge in [0.1, 0.15) is 0 Å². The molecule has 0 bridgehead atoms. The first-order valence-electron chi connectivity index (χ1n) is 6.41. The number of nitrogens with one attached hydrogen (secondary N) is 1. The minimum Gasteiger partial charge on any atom is -0.399 e. The molecule has 7 heteroatoms. The van der Waals surface area contributed by atoms with E-state index < -0.39 is 10.0 Å². The number of hydrogen-bond acceptors (Lipinski definition) is 5. The van der Waals surface area contributed by atoms with Crippen LogP contribution in [0.15, 0.2) is 29.2 Å². The number of nitrogens with two attached hydrogens (primary N) is 1. The Morgan fingerprint density at radius 2 is 1.95 bits per heavy atom. The molecule has 0 aliphatic rings. The number of thioether (sulfide) groups is 2. The Labute approximate surface area is 130 Å². The van der Waals surface area contributed by atoms with Crippen LogP contribution in [0, 0.1) is 0 Å². The molecule has 0 heterocycles. The smallest absolute Gasteiger partial charge is 0.212 e. The van der Waals surface area contributed by atoms with Gasteiger partial charge in [-0.3, -0.25) is 0 Å². The Hall–Kier alpha value is -0.370. The molecule has 0 fully saturated rings. The molecule has 0 saturated heterocycles. The van der Waals surface area contributed by atoms with Crippen LogP contribution in [0.25, 0.3) is 0 Å². The number of anilines is 1. The van der Waals surface area contributed by atoms with Gasteiger partial charge in [-0.2, -0.15) is 11.8 Å². The second kappa shape index (κ2) is 8.81. The first kappa shape index (κ1) is 17.7. The fourth-order valence-electron chi connectivity index (χ4n) is 1.44. The third kappa shape index (κ3) is 7.42. The van der Waals surface area contributed by atoms with Crippen LogP contribution in [-0.4, -0.2) is 38.0 Å². The highest BCUT2D eigenvalue weighted by Gasteiger charge is 2.10. The van der Waals surface area contributed by atoms with Crippen LogP contribution in [0.2, 0.25) is 0 Å². The van der Waals surface area contributed by atoms with Crippen molar-refractivity contribution in [1.29, 1.82) is 0 Å². The molecule has 0 saturated carbocycles. The highest BCUT2D eigenvalue weighted by molar-refractivity contribution is 8.00. The molecule has 20 heavy (non-hydrogen) atoms. The number of sulfonamides is 1. The summed E-state index contributed by atoms with van der Waals surface area (Å²) in [5.74, 6) is 0.674. The average Bonchev–Trinajstić information content (AvgIpc) is 2.40. The third-order valence-corrected chi connectivity index (χ3v) is 6.47. The molecule has 0 aliphatic carbocycles. The van der Waals surface area contributed by atoms with Crippen LogP contribution >= 0.6 is 23.5 Å². The zero-order valence-corrected chi connectivity index (χ0v) is 14.3. The maximum Gasteiger partial charge on any atom is 0.212 e. The average molecular weight is 335 g/mol. The predicted octanol–water partition coefficient (Wildman–Crippen LogP) is 2.42. The fraction of sp³-hybridized carbons (Fsp3) is 0.538. The van der Waals surface area contributed by atoms with Gasteiger partial charge in [0.25, 0.3) is 0 Å². The van der Waals surface area contributed by atoms with Crippen molar-refractivity contribution in [2.75, 3.05) is 30.0 Å². The number of hydrogen-bond donors (Lipinski definition) is 2. The lowest BCUT2D eigenvalue weighted by Crippen LogP contribution is -2.29. The summed E-state index contributed by atoms with van der Waals surface area (Å²) < 4.78 is 26.2. The van der Waals surface area contributed by atoms with Gasteiger partial charge in [0.05, 0.1) is 5.75 Å². The third-order valence-electron chi connectivity index (χ3n) is 2.78. The van der Waals surface area contributed by atoms with Crippen LogP contribution in [0.5, 0.6) is 0 Å². The van der Waals surface area contributed by atoms with Crippen molar-refractivity contribution >= 4 is 39.2 Å². The minimum atomic E-state index is -3.17. The van der Waals surface area contributed by atoms with E-state index in [1.807, 2.05) is 30.5 Å². The summed E-state index contributed by atoms with van der Waals surface area (Å²) in [4.78, 5) is 1.03. The van der Waals surface area contributed by atoms with Gasteiger partial charge in [-0.1, -0.05) is 6.92 Å². The first-order chi connectivity index (χ1) is 9.43. The number of nitrogen functional groups attached to an aromatic ring is 1. The molecule has 0 aromatic heterocycles. The highest BCUT2D eigenvalue weighted by atomic mass is 32.2. The topological polar surface area (TPSA) is 72.2 Å². The van der Waals surface area contributed by atoms with Crippen molar-refractivity contribution in [2.45, 2.75) is 23.5 Å². The van der Waals surface area contributed by atoms with Gasteiger partial charge in [0.2, 0.25) is 10.0 Å². The second-order valence-electron chi connectivity index (χ2n) is 4.47. The van der Waals surface area contributed by atoms with Crippen molar-refractivity contribution in [2.24, 2.45) is 0 Å². The maximum atomic E-state index is 11.8. The van der Waals surface area contributed by atoms with Crippen molar-refractivity contribution in [1.82, 2.24) is 4.72 Å². The monoisotopic (exact) mass is 334 g/mol. The van der Waals surface area contributed by atoms with E-state index in [-0.39, 0.29) is 5.75 Å². The Kier molecular flexibility index (Phi) is 7.79. The summed E-state index contributed by atoms with van der Waals surface area (Å²) in [6.07, 6.45) is 2.88. The van der Waals surface area contributed by atoms with Crippen molar-refractivity contribution in [3.05, 3.63) is 24.3 Å². The molecular formula is C13H22N2O2S3. The van der Waals surface area contributed by atoms with Gasteiger partial charge >= 0.3 is 0 Å². The summed E-state index contributed by atoms with van der Waals surface area (Å²) in [5, 5.41) is 0.474. The second-order valence-corrected chi connectivity index (χ2v) is 8.84. The Morgan fingerprint density at radius 1 is 1.30 bits per heavy atom. The zero-order chi connectivity index (χ0) is 15.0. The van der Waals surface area contributed by atoms with E-state index in [0.29, 0.717) is 23.2 Å². The first-order valence-corrected chi connectivity index (χ1v) is 10.3. The quantitative estimate of drug-likeness (QED) is 0.536. The van der Waals surface area contributed by atoms with Gasteiger partial charge in [0, 0.05) is 28.1 Å². The number of benzene rings is 1. The minimum absolute atomic E-state index is 0.135. The molecule has 0 radical (unpaired) electrons. The number of rotatable bonds is 9. The van der Waals surface area contributed by atoms with Gasteiger partial charge in [-0.25, -0.2) is 13.1 Å². The Morgan fingerprint density at radius 3 is 2.55 bits per heavy atom. The van der Waals surface area contributed by atoms with E-state index in [9.17, 15) is 8.42 Å². The lowest BCUT2D eigenvalue weighted by molar-refractivity contribution is 0.580. The standard InChI is InChI=1S/C13H22N2O2S3/c1-11(18-2)7-8-15-20(16,17)10-9-19-13-5-3-12(14)4-6-13/h3-6,11,15H,7-10,14H2,1-2H3. The van der Waals surface area contributed by atoms with Crippen molar-refractivity contribution in [3.63, 3.8) is 0 Å². The molecule has 0 spiro atoms. The predicted molar refractivity (Wildman–Crippen MR) is 91.0 cm³/mol. The lowest BCUT2D eigenvalue weighted by atomic mass is 10.3. The summed E-state index contributed by atoms with van der Waals surface area (Å²) in [6, 6.07) is 7.44. The molecule has 1 aromatic rings. The Bertz CT molecular complexity index is 489. The van der Waals surface area contributed by atoms with Gasteiger partial charge in [0.15, 0.2) is 0 Å². The summed E-state index contributed by atoms with van der Waals surface area (Å²) in [5.41, 5.74) is 6.31. The Balaban J connectivity index is 2.27. The van der Waals surface area contributed by atoms with E-state index in [4.69, 9.17) is 5.73 Å². The van der Waals surface area contributed by atoms with Gasteiger partial charge < -0.3 is 5.73 Å². The molecule has 114 valence electrons. The van der Waals surface area contributed by atoms with Crippen molar-refractivity contribution in [3.8, 4) is 0 Å². The highest BCUT2D eigenvalue weighted by Crippen LogP contribution is 2.19. The summed E-state index contributed by atoms with van der Waals surface area (Å²) >= 11 is 3.26. The summed E-state index contributed by atoms with van der Waals surface area (Å²) in [6.45, 7) is 2.60. The molecule has 1 rings (SSSR count). The normalized spacial score (nSPS) is 13.3. The molecule has 0 aliphatic heterocycles. The lowest BCUT2D eigenvalue weighted by Gasteiger charge is -2.09. The van der Waals surface area contributed by atoms with E-state index in [1.54, 1.807) is 11.8 Å². The molecule has 0 amide bonds. The van der Waals surface area contributed by atoms with E-state index >= 15 is 0 Å². The molecule has 1 aromatic carbocycles. The molecule has 1 atom stereocenters. The fourth-order valence-corrected chi connectivity index (χ4v) is 4.14. The SMILES string of the molecule is CSC(C)CCNS(=O)(=O)CCSc1ccc(N)cc1. The van der Waals surface area contributed by atoms with Gasteiger partial charge in [-0.05, 0) is 36.9 Å². The van der Waals surface area contributed by atoms with Crippen LogP contribution in [-0.2, 0) is 10.0 Å². The molecule has 3 N–H and O–H groups in total. The maximum absolute atomic E-state index is 11.8. The van der Waals surface area contributed by atoms with Crippen LogP contribution in [0.3, 0.4) is 0 Å². The van der Waals surface area contributed by atoms with E-state index in [2.05, 4.69) is 11.6 Å². The van der Waals surface area contributed by atoms with Crippen LogP contribution in [0.1, 0.15) is 13.3 Å². The molecule has 4 nitrogen and oxygen atoms in total. The largest absolute Gasteiger partial charge is 0.399 e. The molecule has 1 unspecified atom stereocenters.